The number of imidazole rings is 1. The van der Waals surface area contributed by atoms with E-state index in [9.17, 15) is 15.4 Å². The van der Waals surface area contributed by atoms with Gasteiger partial charge >= 0.3 is 5.69 Å². The fourth-order valence-corrected chi connectivity index (χ4v) is 2.76. The van der Waals surface area contributed by atoms with E-state index in [4.69, 9.17) is 9.47 Å². The highest BCUT2D eigenvalue weighted by Gasteiger charge is 2.20. The van der Waals surface area contributed by atoms with Crippen LogP contribution in [-0.2, 0) is 0 Å². The van der Waals surface area contributed by atoms with Crippen molar-refractivity contribution in [3.63, 3.8) is 0 Å². The van der Waals surface area contributed by atoms with Crippen LogP contribution in [0.2, 0.25) is 0 Å². The van der Waals surface area contributed by atoms with E-state index in [0.29, 0.717) is 23.7 Å². The molecule has 3 aromatic rings. The Balaban J connectivity index is 2.14. The standard InChI is InChI=1S/C20H18N4O4/c1-3-27-18-11-19(28-4-2)17(24(25)26)10-13(18)9-14(12-21)20-22-15-7-5-6-8-16(15)23-20/h5-11H,3-4H2,1-2H3,(H,22,23)/b14-9-. The predicted octanol–water partition coefficient (Wildman–Crippen LogP) is 4.33. The van der Waals surface area contributed by atoms with E-state index in [1.165, 1.54) is 18.2 Å². The van der Waals surface area contributed by atoms with Gasteiger partial charge in [-0.3, -0.25) is 10.1 Å². The highest BCUT2D eigenvalue weighted by molar-refractivity contribution is 5.91. The number of aromatic amines is 1. The first-order valence-corrected chi connectivity index (χ1v) is 8.72. The molecule has 0 saturated heterocycles. The Labute approximate surface area is 161 Å². The van der Waals surface area contributed by atoms with Crippen molar-refractivity contribution in [3.8, 4) is 17.6 Å². The van der Waals surface area contributed by atoms with Crippen LogP contribution < -0.4 is 9.47 Å². The number of fused-ring (bicyclic) bond motifs is 1. The molecule has 2 aromatic carbocycles. The van der Waals surface area contributed by atoms with Crippen LogP contribution in [0.25, 0.3) is 22.7 Å². The second kappa shape index (κ2) is 8.22. The number of para-hydroxylation sites is 2. The fraction of sp³-hybridized carbons (Fsp3) is 0.200. The minimum atomic E-state index is -0.523. The van der Waals surface area contributed by atoms with Gasteiger partial charge < -0.3 is 14.5 Å². The number of H-pyrrole nitrogens is 1. The molecule has 1 N–H and O–H groups in total. The number of ether oxygens (including phenoxy) is 2. The zero-order valence-corrected chi connectivity index (χ0v) is 15.4. The van der Waals surface area contributed by atoms with Gasteiger partial charge in [0.15, 0.2) is 0 Å². The van der Waals surface area contributed by atoms with Crippen molar-refractivity contribution in [2.45, 2.75) is 13.8 Å². The van der Waals surface area contributed by atoms with Crippen molar-refractivity contribution < 1.29 is 14.4 Å². The molecule has 0 saturated carbocycles. The summed E-state index contributed by atoms with van der Waals surface area (Å²) in [6.45, 7) is 4.19. The van der Waals surface area contributed by atoms with Crippen molar-refractivity contribution in [3.05, 3.63) is 57.9 Å². The van der Waals surface area contributed by atoms with Crippen LogP contribution >= 0.6 is 0 Å². The summed E-state index contributed by atoms with van der Waals surface area (Å²) in [5.41, 5.74) is 1.95. The number of hydrogen-bond donors (Lipinski definition) is 1. The lowest BCUT2D eigenvalue weighted by molar-refractivity contribution is -0.385. The quantitative estimate of drug-likeness (QED) is 0.372. The SMILES string of the molecule is CCOc1cc(OCC)c([N+](=O)[O-])cc1/C=C(/C#N)c1nc2ccccc2[nH]1. The normalized spacial score (nSPS) is 11.2. The van der Waals surface area contributed by atoms with Gasteiger partial charge in [0.2, 0.25) is 5.75 Å². The first kappa shape index (κ1) is 18.9. The van der Waals surface area contributed by atoms with Crippen molar-refractivity contribution in [2.24, 2.45) is 0 Å². The molecule has 142 valence electrons. The smallest absolute Gasteiger partial charge is 0.311 e. The monoisotopic (exact) mass is 378 g/mol. The van der Waals surface area contributed by atoms with Crippen LogP contribution in [0.3, 0.4) is 0 Å². The Bertz CT molecular complexity index is 1060. The largest absolute Gasteiger partial charge is 0.493 e. The number of nitriles is 1. The molecular formula is C20H18N4O4. The molecule has 0 aliphatic carbocycles. The average molecular weight is 378 g/mol. The third kappa shape index (κ3) is 3.78. The number of nitro groups is 1. The number of nitrogens with zero attached hydrogens (tertiary/aromatic N) is 3. The van der Waals surface area contributed by atoms with E-state index in [1.807, 2.05) is 24.3 Å². The van der Waals surface area contributed by atoms with Crippen LogP contribution in [0.5, 0.6) is 11.5 Å². The first-order valence-electron chi connectivity index (χ1n) is 8.72. The number of hydrogen-bond acceptors (Lipinski definition) is 6. The number of nitro benzene ring substituents is 1. The molecule has 0 fully saturated rings. The number of aromatic nitrogens is 2. The number of benzene rings is 2. The molecule has 1 aromatic heterocycles. The van der Waals surface area contributed by atoms with Crippen LogP contribution in [-0.4, -0.2) is 28.1 Å². The van der Waals surface area contributed by atoms with Gasteiger partial charge in [0, 0.05) is 17.7 Å². The molecule has 8 heteroatoms. The van der Waals surface area contributed by atoms with Gasteiger partial charge in [-0.25, -0.2) is 4.98 Å². The molecule has 0 spiro atoms. The van der Waals surface area contributed by atoms with E-state index in [1.54, 1.807) is 13.8 Å². The summed E-state index contributed by atoms with van der Waals surface area (Å²) in [6.07, 6.45) is 1.52. The van der Waals surface area contributed by atoms with Gasteiger partial charge in [0.25, 0.3) is 0 Å². The van der Waals surface area contributed by atoms with Gasteiger partial charge in [0.05, 0.1) is 34.7 Å². The highest BCUT2D eigenvalue weighted by atomic mass is 16.6. The van der Waals surface area contributed by atoms with E-state index < -0.39 is 4.92 Å². The van der Waals surface area contributed by atoms with Gasteiger partial charge in [0.1, 0.15) is 17.6 Å². The van der Waals surface area contributed by atoms with E-state index in [0.717, 1.165) is 11.0 Å². The summed E-state index contributed by atoms with van der Waals surface area (Å²) in [4.78, 5) is 18.4. The Kier molecular flexibility index (Phi) is 5.56. The molecule has 0 aliphatic heterocycles. The van der Waals surface area contributed by atoms with Crippen molar-refractivity contribution in [1.82, 2.24) is 9.97 Å². The lowest BCUT2D eigenvalue weighted by Gasteiger charge is -2.11. The molecule has 8 nitrogen and oxygen atoms in total. The van der Waals surface area contributed by atoms with Crippen LogP contribution in [0, 0.1) is 21.4 Å². The number of rotatable bonds is 7. The lowest BCUT2D eigenvalue weighted by Crippen LogP contribution is -2.01. The summed E-state index contributed by atoms with van der Waals surface area (Å²) in [5, 5.41) is 21.1. The second-order valence-corrected chi connectivity index (χ2v) is 5.75. The number of nitrogens with one attached hydrogen (secondary N) is 1. The van der Waals surface area contributed by atoms with Crippen LogP contribution in [0.4, 0.5) is 5.69 Å². The maximum absolute atomic E-state index is 11.4. The Morgan fingerprint density at radius 3 is 2.61 bits per heavy atom. The maximum atomic E-state index is 11.4. The zero-order chi connectivity index (χ0) is 20.1. The Hall–Kier alpha value is -3.86. The molecule has 0 unspecified atom stereocenters. The topological polar surface area (TPSA) is 114 Å². The Morgan fingerprint density at radius 2 is 1.96 bits per heavy atom. The molecule has 0 atom stereocenters. The summed E-state index contributed by atoms with van der Waals surface area (Å²) < 4.78 is 11.0. The van der Waals surface area contributed by atoms with Gasteiger partial charge in [-0.05, 0) is 32.1 Å². The maximum Gasteiger partial charge on any atom is 0.311 e. The summed E-state index contributed by atoms with van der Waals surface area (Å²) in [7, 11) is 0. The molecule has 0 bridgehead atoms. The minimum absolute atomic E-state index is 0.121. The molecule has 3 rings (SSSR count). The first-order chi connectivity index (χ1) is 13.6. The molecule has 0 aliphatic rings. The third-order valence-corrected chi connectivity index (χ3v) is 3.95. The number of allylic oxidation sites excluding steroid dienone is 1. The third-order valence-electron chi connectivity index (χ3n) is 3.95. The van der Waals surface area contributed by atoms with Crippen LogP contribution in [0.1, 0.15) is 25.2 Å². The van der Waals surface area contributed by atoms with E-state index >= 15 is 0 Å². The second-order valence-electron chi connectivity index (χ2n) is 5.75. The van der Waals surface area contributed by atoms with Crippen molar-refractivity contribution in [1.29, 1.82) is 5.26 Å². The van der Waals surface area contributed by atoms with Crippen molar-refractivity contribution in [2.75, 3.05) is 13.2 Å². The minimum Gasteiger partial charge on any atom is -0.493 e. The molecule has 28 heavy (non-hydrogen) atoms. The van der Waals surface area contributed by atoms with Crippen molar-refractivity contribution >= 4 is 28.4 Å². The van der Waals surface area contributed by atoms with E-state index in [-0.39, 0.29) is 23.6 Å². The molecular weight excluding hydrogens is 360 g/mol. The lowest BCUT2D eigenvalue weighted by atomic mass is 10.1. The van der Waals surface area contributed by atoms with Gasteiger partial charge in [-0.2, -0.15) is 5.26 Å². The molecule has 1 heterocycles. The van der Waals surface area contributed by atoms with Gasteiger partial charge in [-0.15, -0.1) is 0 Å². The predicted molar refractivity (Wildman–Crippen MR) is 105 cm³/mol. The van der Waals surface area contributed by atoms with Gasteiger partial charge in [-0.1, -0.05) is 12.1 Å². The molecule has 0 radical (unpaired) electrons. The average Bonchev–Trinajstić information content (AvgIpc) is 3.11. The summed E-state index contributed by atoms with van der Waals surface area (Å²) >= 11 is 0. The van der Waals surface area contributed by atoms with E-state index in [2.05, 4.69) is 16.0 Å². The molecule has 0 amide bonds. The highest BCUT2D eigenvalue weighted by Crippen LogP contribution is 2.36. The van der Waals surface area contributed by atoms with Crippen LogP contribution in [0.15, 0.2) is 36.4 Å². The summed E-state index contributed by atoms with van der Waals surface area (Å²) in [6, 6.07) is 12.3. The fourth-order valence-electron chi connectivity index (χ4n) is 2.76. The summed E-state index contributed by atoms with van der Waals surface area (Å²) in [5.74, 6) is 0.887. The zero-order valence-electron chi connectivity index (χ0n) is 15.4. The Morgan fingerprint density at radius 1 is 1.25 bits per heavy atom.